The largest absolute Gasteiger partial charge is 0.337 e. The van der Waals surface area contributed by atoms with Gasteiger partial charge in [0, 0.05) is 32.2 Å². The van der Waals surface area contributed by atoms with Gasteiger partial charge < -0.3 is 10.2 Å². The van der Waals surface area contributed by atoms with Crippen molar-refractivity contribution in [1.82, 2.24) is 20.0 Å². The van der Waals surface area contributed by atoms with Gasteiger partial charge in [-0.3, -0.25) is 9.48 Å². The number of fused-ring (bicyclic) bond motifs is 2. The molecule has 2 aliphatic heterocycles. The zero-order chi connectivity index (χ0) is 13.6. The Balaban J connectivity index is 1.75. The van der Waals surface area contributed by atoms with E-state index in [9.17, 15) is 4.79 Å². The Morgan fingerprint density at radius 1 is 1.42 bits per heavy atom. The molecule has 1 aromatic heterocycles. The van der Waals surface area contributed by atoms with E-state index in [0.29, 0.717) is 23.8 Å². The highest BCUT2D eigenvalue weighted by Gasteiger charge is 2.36. The summed E-state index contributed by atoms with van der Waals surface area (Å²) >= 11 is 0. The summed E-state index contributed by atoms with van der Waals surface area (Å²) in [7, 11) is 3.76. The van der Waals surface area contributed by atoms with Gasteiger partial charge in [-0.2, -0.15) is 5.10 Å². The molecule has 2 saturated heterocycles. The van der Waals surface area contributed by atoms with Crippen molar-refractivity contribution in [3.05, 3.63) is 17.5 Å². The van der Waals surface area contributed by atoms with Gasteiger partial charge in [0.25, 0.3) is 5.91 Å². The summed E-state index contributed by atoms with van der Waals surface area (Å²) < 4.78 is 1.68. The number of carbonyl (C=O) groups excluding carboxylic acids is 1. The van der Waals surface area contributed by atoms with Gasteiger partial charge in [-0.05, 0) is 38.7 Å². The lowest BCUT2D eigenvalue weighted by Crippen LogP contribution is -2.49. The van der Waals surface area contributed by atoms with E-state index in [4.69, 9.17) is 0 Å². The number of aryl methyl sites for hydroxylation is 2. The summed E-state index contributed by atoms with van der Waals surface area (Å²) in [4.78, 5) is 14.5. The van der Waals surface area contributed by atoms with Gasteiger partial charge >= 0.3 is 0 Å². The molecule has 0 spiro atoms. The van der Waals surface area contributed by atoms with Crippen molar-refractivity contribution in [3.8, 4) is 0 Å². The first-order valence-corrected chi connectivity index (χ1v) is 7.08. The van der Waals surface area contributed by atoms with Gasteiger partial charge in [0.2, 0.25) is 0 Å². The van der Waals surface area contributed by atoms with E-state index in [1.165, 1.54) is 12.8 Å². The maximum atomic E-state index is 12.6. The molecule has 2 aliphatic rings. The van der Waals surface area contributed by atoms with Crippen LogP contribution >= 0.6 is 0 Å². The van der Waals surface area contributed by atoms with Gasteiger partial charge in [-0.25, -0.2) is 0 Å². The smallest absolute Gasteiger partial charge is 0.272 e. The summed E-state index contributed by atoms with van der Waals surface area (Å²) in [5.74, 6) is 0.0920. The molecule has 2 atom stereocenters. The van der Waals surface area contributed by atoms with Crippen molar-refractivity contribution < 1.29 is 4.79 Å². The summed E-state index contributed by atoms with van der Waals surface area (Å²) in [6.45, 7) is 1.92. The molecule has 0 radical (unpaired) electrons. The van der Waals surface area contributed by atoms with Crippen LogP contribution in [0.5, 0.6) is 0 Å². The zero-order valence-electron chi connectivity index (χ0n) is 11.9. The second-order valence-corrected chi connectivity index (χ2v) is 5.97. The standard InChI is InChI=1S/C14H22N4O/c1-9-6-13(18(3)16-9)14(19)17(2)12-7-10-4-5-11(8-12)15-10/h6,10-12,15H,4-5,7-8H2,1-3H3. The van der Waals surface area contributed by atoms with Crippen LogP contribution in [-0.4, -0.2) is 45.8 Å². The molecule has 1 N–H and O–H groups in total. The maximum absolute atomic E-state index is 12.6. The predicted octanol–water partition coefficient (Wildman–Crippen LogP) is 1.08. The van der Waals surface area contributed by atoms with Crippen LogP contribution in [0.1, 0.15) is 41.9 Å². The molecule has 5 nitrogen and oxygen atoms in total. The van der Waals surface area contributed by atoms with E-state index < -0.39 is 0 Å². The van der Waals surface area contributed by atoms with Gasteiger partial charge in [0.1, 0.15) is 5.69 Å². The summed E-state index contributed by atoms with van der Waals surface area (Å²) in [6.07, 6.45) is 4.67. The Labute approximate surface area is 114 Å². The quantitative estimate of drug-likeness (QED) is 0.868. The van der Waals surface area contributed by atoms with Crippen LogP contribution in [-0.2, 0) is 7.05 Å². The first kappa shape index (κ1) is 12.7. The molecule has 0 saturated carbocycles. The molecule has 0 aliphatic carbocycles. The maximum Gasteiger partial charge on any atom is 0.272 e. The van der Waals surface area contributed by atoms with E-state index in [0.717, 1.165) is 18.5 Å². The van der Waals surface area contributed by atoms with E-state index in [1.807, 2.05) is 32.0 Å². The first-order valence-electron chi connectivity index (χ1n) is 7.08. The Morgan fingerprint density at radius 2 is 2.05 bits per heavy atom. The predicted molar refractivity (Wildman–Crippen MR) is 73.0 cm³/mol. The Hall–Kier alpha value is -1.36. The molecular weight excluding hydrogens is 240 g/mol. The van der Waals surface area contributed by atoms with E-state index >= 15 is 0 Å². The Kier molecular flexibility index (Phi) is 3.09. The molecular formula is C14H22N4O. The van der Waals surface area contributed by atoms with E-state index in [2.05, 4.69) is 10.4 Å². The number of hydrogen-bond donors (Lipinski definition) is 1. The lowest BCUT2D eigenvalue weighted by atomic mass is 9.98. The Morgan fingerprint density at radius 3 is 2.58 bits per heavy atom. The van der Waals surface area contributed by atoms with Gasteiger partial charge in [0.05, 0.1) is 5.69 Å². The minimum absolute atomic E-state index is 0.0920. The number of rotatable bonds is 2. The second kappa shape index (κ2) is 4.63. The number of amides is 1. The fraction of sp³-hybridized carbons (Fsp3) is 0.714. The third kappa shape index (κ3) is 2.27. The summed E-state index contributed by atoms with van der Waals surface area (Å²) in [5.41, 5.74) is 1.58. The average molecular weight is 262 g/mol. The fourth-order valence-electron chi connectivity index (χ4n) is 3.50. The molecule has 0 aromatic carbocycles. The highest BCUT2D eigenvalue weighted by atomic mass is 16.2. The number of hydrogen-bond acceptors (Lipinski definition) is 3. The lowest BCUT2D eigenvalue weighted by Gasteiger charge is -2.35. The zero-order valence-corrected chi connectivity index (χ0v) is 11.9. The van der Waals surface area contributed by atoms with Crippen molar-refractivity contribution in [1.29, 1.82) is 0 Å². The number of carbonyl (C=O) groups is 1. The SMILES string of the molecule is Cc1cc(C(=O)N(C)C2CC3CCC(C2)N3)n(C)n1. The van der Waals surface area contributed by atoms with Crippen LogP contribution in [0, 0.1) is 6.92 Å². The topological polar surface area (TPSA) is 50.2 Å². The third-order valence-electron chi connectivity index (χ3n) is 4.54. The molecule has 3 rings (SSSR count). The second-order valence-electron chi connectivity index (χ2n) is 5.97. The van der Waals surface area contributed by atoms with E-state index in [1.54, 1.807) is 4.68 Å². The van der Waals surface area contributed by atoms with Crippen LogP contribution < -0.4 is 5.32 Å². The minimum atomic E-state index is 0.0920. The van der Waals surface area contributed by atoms with Crippen molar-refractivity contribution >= 4 is 5.91 Å². The highest BCUT2D eigenvalue weighted by molar-refractivity contribution is 5.92. The first-order chi connectivity index (χ1) is 9.04. The van der Waals surface area contributed by atoms with Crippen molar-refractivity contribution in [2.45, 2.75) is 50.7 Å². The number of nitrogens with one attached hydrogen (secondary N) is 1. The monoisotopic (exact) mass is 262 g/mol. The highest BCUT2D eigenvalue weighted by Crippen LogP contribution is 2.29. The van der Waals surface area contributed by atoms with Crippen molar-refractivity contribution in [2.24, 2.45) is 7.05 Å². The third-order valence-corrected chi connectivity index (χ3v) is 4.54. The average Bonchev–Trinajstić information content (AvgIpc) is 2.89. The minimum Gasteiger partial charge on any atom is -0.337 e. The van der Waals surface area contributed by atoms with Crippen LogP contribution in [0.15, 0.2) is 6.07 Å². The summed E-state index contributed by atoms with van der Waals surface area (Å²) in [5, 5.41) is 7.87. The van der Waals surface area contributed by atoms with Crippen LogP contribution in [0.25, 0.3) is 0 Å². The molecule has 2 bridgehead atoms. The normalized spacial score (nSPS) is 29.5. The molecule has 2 fully saturated rings. The molecule has 19 heavy (non-hydrogen) atoms. The van der Waals surface area contributed by atoms with Crippen LogP contribution in [0.2, 0.25) is 0 Å². The molecule has 2 unspecified atom stereocenters. The molecule has 3 heterocycles. The van der Waals surface area contributed by atoms with Gasteiger partial charge in [-0.1, -0.05) is 0 Å². The van der Waals surface area contributed by atoms with Crippen molar-refractivity contribution in [3.63, 3.8) is 0 Å². The lowest BCUT2D eigenvalue weighted by molar-refractivity contribution is 0.0670. The van der Waals surface area contributed by atoms with Crippen LogP contribution in [0.4, 0.5) is 0 Å². The molecule has 1 aromatic rings. The number of nitrogens with zero attached hydrogens (tertiary/aromatic N) is 3. The number of piperidine rings is 1. The fourth-order valence-corrected chi connectivity index (χ4v) is 3.50. The Bertz CT molecular complexity index is 484. The van der Waals surface area contributed by atoms with Gasteiger partial charge in [-0.15, -0.1) is 0 Å². The molecule has 104 valence electrons. The van der Waals surface area contributed by atoms with E-state index in [-0.39, 0.29) is 5.91 Å². The molecule has 5 heteroatoms. The molecule has 1 amide bonds. The van der Waals surface area contributed by atoms with Gasteiger partial charge in [0.15, 0.2) is 0 Å². The number of aromatic nitrogens is 2. The van der Waals surface area contributed by atoms with Crippen molar-refractivity contribution in [2.75, 3.05) is 7.05 Å². The summed E-state index contributed by atoms with van der Waals surface area (Å²) in [6, 6.07) is 3.44. The van der Waals surface area contributed by atoms with Crippen LogP contribution in [0.3, 0.4) is 0 Å².